The van der Waals surface area contributed by atoms with E-state index in [4.69, 9.17) is 15.5 Å². The summed E-state index contributed by atoms with van der Waals surface area (Å²) in [6.45, 7) is 1.76. The molecule has 1 saturated carbocycles. The number of aliphatic carboxylic acids is 1. The number of carboxylic acid groups (broad SMARTS) is 1. The van der Waals surface area contributed by atoms with Crippen LogP contribution in [0.5, 0.6) is 0 Å². The number of nitrogens with one attached hydrogen (secondary N) is 1. The summed E-state index contributed by atoms with van der Waals surface area (Å²) >= 11 is 0. The van der Waals surface area contributed by atoms with E-state index in [0.29, 0.717) is 29.8 Å². The van der Waals surface area contributed by atoms with Crippen LogP contribution in [0.25, 0.3) is 11.0 Å². The number of hydrogen-bond acceptors (Lipinski definition) is 7. The van der Waals surface area contributed by atoms with Crippen LogP contribution >= 0.6 is 0 Å². The standard InChI is InChI=1S/C17H23N5O.C8H8O3/c1-11(23)17-21-14-10-20-16(19-2)9-15(14)22(17)13-5-3-12(4-6-13)7-8-18;9-7(8(10)11)6-4-2-1-3-5-6/h9-13,23H,3-7H2,1-2H3,(H,19,20);1-5,7,9H,(H,10,11)/t11-,12-,13-;/m1./s1. The van der Waals surface area contributed by atoms with E-state index in [-0.39, 0.29) is 0 Å². The number of imidazole rings is 1. The summed E-state index contributed by atoms with van der Waals surface area (Å²) in [6.07, 6.45) is 4.54. The highest BCUT2D eigenvalue weighted by molar-refractivity contribution is 5.78. The number of pyridine rings is 1. The van der Waals surface area contributed by atoms with Gasteiger partial charge in [-0.1, -0.05) is 30.3 Å². The Morgan fingerprint density at radius 1 is 1.24 bits per heavy atom. The molecule has 3 aromatic rings. The van der Waals surface area contributed by atoms with Gasteiger partial charge in [-0.15, -0.1) is 0 Å². The topological polar surface area (TPSA) is 144 Å². The van der Waals surface area contributed by atoms with Crippen LogP contribution in [0.15, 0.2) is 42.6 Å². The summed E-state index contributed by atoms with van der Waals surface area (Å²) in [5.74, 6) is 0.791. The van der Waals surface area contributed by atoms with Crippen LogP contribution < -0.4 is 5.32 Å². The molecule has 9 nitrogen and oxygen atoms in total. The smallest absolute Gasteiger partial charge is 0.337 e. The minimum absolute atomic E-state index is 0.326. The number of hydrogen-bond donors (Lipinski definition) is 4. The van der Waals surface area contributed by atoms with Crippen molar-refractivity contribution in [2.45, 2.75) is 57.3 Å². The highest BCUT2D eigenvalue weighted by atomic mass is 16.4. The summed E-state index contributed by atoms with van der Waals surface area (Å²) in [5.41, 5.74) is 2.24. The van der Waals surface area contributed by atoms with Crippen molar-refractivity contribution in [1.82, 2.24) is 14.5 Å². The van der Waals surface area contributed by atoms with Gasteiger partial charge in [0.25, 0.3) is 0 Å². The molecule has 1 fully saturated rings. The first-order valence-corrected chi connectivity index (χ1v) is 11.4. The van der Waals surface area contributed by atoms with Crippen molar-refractivity contribution in [2.24, 2.45) is 5.92 Å². The third kappa shape index (κ3) is 5.90. The molecule has 180 valence electrons. The van der Waals surface area contributed by atoms with E-state index in [1.807, 2.05) is 13.1 Å². The Labute approximate surface area is 198 Å². The Morgan fingerprint density at radius 3 is 2.47 bits per heavy atom. The van der Waals surface area contributed by atoms with Gasteiger partial charge in [-0.2, -0.15) is 5.26 Å². The minimum Gasteiger partial charge on any atom is -0.479 e. The van der Waals surface area contributed by atoms with Crippen molar-refractivity contribution in [1.29, 1.82) is 5.26 Å². The lowest BCUT2D eigenvalue weighted by molar-refractivity contribution is -0.146. The maximum Gasteiger partial charge on any atom is 0.337 e. The normalized spacial score (nSPS) is 19.4. The number of carbonyl (C=O) groups is 1. The fraction of sp³-hybridized carbons (Fsp3) is 0.440. The van der Waals surface area contributed by atoms with E-state index < -0.39 is 18.2 Å². The van der Waals surface area contributed by atoms with Crippen LogP contribution in [0.2, 0.25) is 0 Å². The highest BCUT2D eigenvalue weighted by Crippen LogP contribution is 2.37. The molecule has 1 unspecified atom stereocenters. The lowest BCUT2D eigenvalue weighted by Gasteiger charge is -2.30. The number of fused-ring (bicyclic) bond motifs is 1. The zero-order valence-corrected chi connectivity index (χ0v) is 19.4. The predicted molar refractivity (Wildman–Crippen MR) is 128 cm³/mol. The molecule has 0 radical (unpaired) electrons. The van der Waals surface area contributed by atoms with Crippen molar-refractivity contribution in [3.05, 3.63) is 54.0 Å². The third-order valence-electron chi connectivity index (χ3n) is 6.14. The molecule has 0 spiro atoms. The molecular weight excluding hydrogens is 434 g/mol. The van der Waals surface area contributed by atoms with Crippen LogP contribution in [-0.4, -0.2) is 42.9 Å². The first-order chi connectivity index (χ1) is 16.3. The molecule has 1 aromatic carbocycles. The lowest BCUT2D eigenvalue weighted by Crippen LogP contribution is -2.20. The fourth-order valence-electron chi connectivity index (χ4n) is 4.35. The van der Waals surface area contributed by atoms with Crippen molar-refractivity contribution in [3.8, 4) is 6.07 Å². The van der Waals surface area contributed by atoms with Gasteiger partial charge in [0.05, 0.1) is 17.8 Å². The lowest BCUT2D eigenvalue weighted by atomic mass is 9.84. The molecule has 9 heteroatoms. The number of aromatic nitrogens is 3. The molecule has 0 bridgehead atoms. The van der Waals surface area contributed by atoms with Gasteiger partial charge in [0.1, 0.15) is 23.3 Å². The third-order valence-corrected chi connectivity index (χ3v) is 6.14. The minimum atomic E-state index is -1.41. The molecule has 34 heavy (non-hydrogen) atoms. The molecule has 1 aliphatic rings. The number of carboxylic acids is 1. The van der Waals surface area contributed by atoms with Crippen LogP contribution in [-0.2, 0) is 4.79 Å². The van der Waals surface area contributed by atoms with E-state index in [2.05, 4.69) is 25.9 Å². The molecule has 0 aliphatic heterocycles. The number of aliphatic hydroxyl groups is 2. The number of nitrogens with zero attached hydrogens (tertiary/aromatic N) is 4. The number of benzene rings is 1. The van der Waals surface area contributed by atoms with E-state index >= 15 is 0 Å². The average molecular weight is 466 g/mol. The fourth-order valence-corrected chi connectivity index (χ4v) is 4.35. The second kappa shape index (κ2) is 11.6. The molecule has 4 N–H and O–H groups in total. The quantitative estimate of drug-likeness (QED) is 0.428. The van der Waals surface area contributed by atoms with Crippen molar-refractivity contribution < 1.29 is 20.1 Å². The number of anilines is 1. The first-order valence-electron chi connectivity index (χ1n) is 11.4. The highest BCUT2D eigenvalue weighted by Gasteiger charge is 2.27. The van der Waals surface area contributed by atoms with Crippen LogP contribution in [0.3, 0.4) is 0 Å². The van der Waals surface area contributed by atoms with E-state index in [0.717, 1.165) is 42.5 Å². The van der Waals surface area contributed by atoms with E-state index in [1.165, 1.54) is 0 Å². The van der Waals surface area contributed by atoms with Gasteiger partial charge in [-0.25, -0.2) is 14.8 Å². The molecule has 2 atom stereocenters. The number of rotatable bonds is 6. The summed E-state index contributed by atoms with van der Waals surface area (Å²) in [6, 6.07) is 12.9. The van der Waals surface area contributed by atoms with E-state index in [9.17, 15) is 9.90 Å². The van der Waals surface area contributed by atoms with Crippen molar-refractivity contribution in [2.75, 3.05) is 12.4 Å². The molecule has 2 aromatic heterocycles. The zero-order chi connectivity index (χ0) is 24.7. The Hall–Kier alpha value is -3.48. The monoisotopic (exact) mass is 465 g/mol. The van der Waals surface area contributed by atoms with Gasteiger partial charge < -0.3 is 25.2 Å². The van der Waals surface area contributed by atoms with Gasteiger partial charge in [-0.05, 0) is 44.1 Å². The molecule has 4 rings (SSSR count). The number of nitriles is 1. The first kappa shape index (κ1) is 25.1. The summed E-state index contributed by atoms with van der Waals surface area (Å²) in [4.78, 5) is 19.2. The molecule has 2 heterocycles. The molecule has 0 saturated heterocycles. The van der Waals surface area contributed by atoms with Crippen LogP contribution in [0, 0.1) is 17.2 Å². The molecule has 0 amide bonds. The summed E-state index contributed by atoms with van der Waals surface area (Å²) in [7, 11) is 1.84. The zero-order valence-electron chi connectivity index (χ0n) is 19.4. The number of aliphatic hydroxyl groups excluding tert-OH is 2. The summed E-state index contributed by atoms with van der Waals surface area (Å²) in [5, 5.41) is 39.5. The second-order valence-corrected chi connectivity index (χ2v) is 8.51. The Bertz CT molecular complexity index is 1130. The maximum absolute atomic E-state index is 10.2. The van der Waals surface area contributed by atoms with E-state index in [1.54, 1.807) is 43.5 Å². The van der Waals surface area contributed by atoms with Gasteiger partial charge in [0.15, 0.2) is 6.10 Å². The van der Waals surface area contributed by atoms with Gasteiger partial charge in [0, 0.05) is 25.6 Å². The van der Waals surface area contributed by atoms with Crippen molar-refractivity contribution >= 4 is 22.8 Å². The molecular formula is C25H31N5O4. The second-order valence-electron chi connectivity index (χ2n) is 8.51. The van der Waals surface area contributed by atoms with Gasteiger partial charge >= 0.3 is 5.97 Å². The van der Waals surface area contributed by atoms with Crippen molar-refractivity contribution in [3.63, 3.8) is 0 Å². The maximum atomic E-state index is 10.2. The van der Waals surface area contributed by atoms with Crippen LogP contribution in [0.1, 0.15) is 68.7 Å². The Morgan fingerprint density at radius 2 is 1.91 bits per heavy atom. The SMILES string of the molecule is CNc1cc2c(cn1)nc([C@@H](C)O)n2[C@H]1CC[C@H](CC#N)CC1.O=C(O)C(O)c1ccccc1. The largest absolute Gasteiger partial charge is 0.479 e. The van der Waals surface area contributed by atoms with Gasteiger partial charge in [0.2, 0.25) is 0 Å². The Balaban J connectivity index is 0.000000248. The van der Waals surface area contributed by atoms with Gasteiger partial charge in [-0.3, -0.25) is 0 Å². The average Bonchev–Trinajstić information content (AvgIpc) is 3.24. The summed E-state index contributed by atoms with van der Waals surface area (Å²) < 4.78 is 2.19. The Kier molecular flexibility index (Phi) is 8.57. The predicted octanol–water partition coefficient (Wildman–Crippen LogP) is 3.98. The van der Waals surface area contributed by atoms with Crippen LogP contribution in [0.4, 0.5) is 5.82 Å². The molecule has 1 aliphatic carbocycles.